The van der Waals surface area contributed by atoms with Gasteiger partial charge in [-0.05, 0) is 6.92 Å². The van der Waals surface area contributed by atoms with Gasteiger partial charge in [0.15, 0.2) is 0 Å². The predicted molar refractivity (Wildman–Crippen MR) is 27.6 cm³/mol. The second-order valence-corrected chi connectivity index (χ2v) is 1.68. The van der Waals surface area contributed by atoms with Gasteiger partial charge in [-0.3, -0.25) is 0 Å². The van der Waals surface area contributed by atoms with E-state index < -0.39 is 0 Å². The lowest BCUT2D eigenvalue weighted by Gasteiger charge is -2.20. The van der Waals surface area contributed by atoms with Gasteiger partial charge in [-0.15, -0.1) is 10.2 Å². The van der Waals surface area contributed by atoms with E-state index >= 15 is 0 Å². The van der Waals surface area contributed by atoms with Gasteiger partial charge in [-0.25, -0.2) is 0 Å². The number of nitrogens with one attached hydrogen (secondary N) is 1. The van der Waals surface area contributed by atoms with Crippen LogP contribution in [-0.4, -0.2) is 30.6 Å². The van der Waals surface area contributed by atoms with E-state index in [2.05, 4.69) is 5.43 Å². The van der Waals surface area contributed by atoms with Gasteiger partial charge >= 0.3 is 0 Å². The molecule has 0 aliphatic heterocycles. The maximum atomic E-state index is 8.96. The Morgan fingerprint density at radius 1 is 1.71 bits per heavy atom. The molecule has 3 nitrogen and oxygen atoms in total. The first-order chi connectivity index (χ1) is 3.12. The van der Waals surface area contributed by atoms with Crippen LogP contribution in [0.15, 0.2) is 0 Å². The second kappa shape index (κ2) is 2.26. The maximum Gasteiger partial charge on any atom is 0.125 e. The quantitative estimate of drug-likeness (QED) is 0.382. The molecule has 0 radical (unpaired) electrons. The fraction of sp³-hybridized carbons (Fsp3) is 1.00. The summed E-state index contributed by atoms with van der Waals surface area (Å²) in [5.74, 6) is 0. The van der Waals surface area contributed by atoms with Crippen molar-refractivity contribution in [2.45, 2.75) is 6.92 Å². The summed E-state index contributed by atoms with van der Waals surface area (Å²) in [4.78, 5) is 0. The van der Waals surface area contributed by atoms with Crippen molar-refractivity contribution in [2.75, 3.05) is 20.6 Å². The highest BCUT2D eigenvalue weighted by Crippen LogP contribution is 1.82. The molecule has 0 aliphatic rings. The molecule has 1 atom stereocenters. The van der Waals surface area contributed by atoms with E-state index in [0.29, 0.717) is 6.54 Å². The van der Waals surface area contributed by atoms with Gasteiger partial charge in [0, 0.05) is 7.05 Å². The summed E-state index contributed by atoms with van der Waals surface area (Å²) in [5.41, 5.74) is 2.68. The van der Waals surface area contributed by atoms with E-state index in [0.717, 1.165) is 0 Å². The topological polar surface area (TPSA) is 32.3 Å². The molecule has 2 N–H and O–H groups in total. The molecule has 0 amide bonds. The van der Waals surface area contributed by atoms with Crippen molar-refractivity contribution in [2.24, 2.45) is 0 Å². The molecule has 1 unspecified atom stereocenters. The molecule has 3 heteroatoms. The Bertz CT molecular complexity index is 47.7. The normalized spacial score (nSPS) is 18.9. The van der Waals surface area contributed by atoms with Crippen LogP contribution in [0.4, 0.5) is 0 Å². The number of quaternary nitrogens is 1. The van der Waals surface area contributed by atoms with Crippen LogP contribution in [0.1, 0.15) is 6.92 Å². The fourth-order valence-electron chi connectivity index (χ4n) is 0.158. The molecular weight excluding hydrogens is 92.1 g/mol. The molecule has 0 aliphatic carbocycles. The molecule has 0 fully saturated rings. The zero-order valence-corrected chi connectivity index (χ0v) is 5.10. The minimum absolute atomic E-state index is 0.111. The minimum atomic E-state index is -0.111. The molecule has 0 rings (SSSR count). The first kappa shape index (κ1) is 6.88. The lowest BCUT2D eigenvalue weighted by atomic mass is 10.7. The highest BCUT2D eigenvalue weighted by Gasteiger charge is 2.09. The highest BCUT2D eigenvalue weighted by atomic mass is 16.6. The van der Waals surface area contributed by atoms with Gasteiger partial charge in [0.2, 0.25) is 0 Å². The van der Waals surface area contributed by atoms with Gasteiger partial charge in [0.05, 0.1) is 0 Å². The van der Waals surface area contributed by atoms with Crippen molar-refractivity contribution in [1.82, 2.24) is 5.43 Å². The molecule has 0 bridgehead atoms. The van der Waals surface area contributed by atoms with Crippen molar-refractivity contribution < 1.29 is 9.96 Å². The van der Waals surface area contributed by atoms with Crippen LogP contribution in [0, 0.1) is 0 Å². The van der Waals surface area contributed by atoms with Crippen molar-refractivity contribution in [3.8, 4) is 0 Å². The molecular formula is C4H13N2O+. The van der Waals surface area contributed by atoms with Crippen LogP contribution in [-0.2, 0) is 0 Å². The van der Waals surface area contributed by atoms with E-state index in [1.54, 1.807) is 14.1 Å². The fourth-order valence-corrected chi connectivity index (χ4v) is 0.158. The van der Waals surface area contributed by atoms with Crippen LogP contribution >= 0.6 is 0 Å². The van der Waals surface area contributed by atoms with E-state index in [1.165, 1.54) is 0 Å². The van der Waals surface area contributed by atoms with Crippen LogP contribution in [0.3, 0.4) is 0 Å². The summed E-state index contributed by atoms with van der Waals surface area (Å²) in [7, 11) is 3.39. The van der Waals surface area contributed by atoms with Gasteiger partial charge in [-0.2, -0.15) is 5.21 Å². The first-order valence-electron chi connectivity index (χ1n) is 2.39. The van der Waals surface area contributed by atoms with Crippen molar-refractivity contribution in [3.05, 3.63) is 0 Å². The lowest BCUT2D eigenvalue weighted by molar-refractivity contribution is -1.12. The largest absolute Gasteiger partial charge is 0.196 e. The van der Waals surface area contributed by atoms with E-state index in [-0.39, 0.29) is 4.76 Å². The Morgan fingerprint density at radius 3 is 2.14 bits per heavy atom. The van der Waals surface area contributed by atoms with E-state index in [1.807, 2.05) is 6.92 Å². The van der Waals surface area contributed by atoms with E-state index in [4.69, 9.17) is 5.21 Å². The summed E-state index contributed by atoms with van der Waals surface area (Å²) in [5, 5.41) is 8.96. The van der Waals surface area contributed by atoms with E-state index in [9.17, 15) is 0 Å². The summed E-state index contributed by atoms with van der Waals surface area (Å²) in [6.07, 6.45) is 0. The maximum absolute atomic E-state index is 8.96. The highest BCUT2D eigenvalue weighted by molar-refractivity contribution is 4.01. The lowest BCUT2D eigenvalue weighted by Crippen LogP contribution is -2.49. The Morgan fingerprint density at radius 2 is 2.14 bits per heavy atom. The predicted octanol–water partition coefficient (Wildman–Crippen LogP) is -0.0235. The van der Waals surface area contributed by atoms with Gasteiger partial charge < -0.3 is 0 Å². The van der Waals surface area contributed by atoms with Gasteiger partial charge in [-0.1, -0.05) is 0 Å². The molecule has 0 aromatic carbocycles. The number of rotatable bonds is 2. The average molecular weight is 105 g/mol. The number of hydrogen-bond acceptors (Lipinski definition) is 2. The summed E-state index contributed by atoms with van der Waals surface area (Å²) < 4.78 is -0.111. The Labute approximate surface area is 44.1 Å². The van der Waals surface area contributed by atoms with Crippen LogP contribution in [0.2, 0.25) is 0 Å². The van der Waals surface area contributed by atoms with Crippen LogP contribution < -0.4 is 5.43 Å². The van der Waals surface area contributed by atoms with Crippen molar-refractivity contribution in [1.29, 1.82) is 0 Å². The Kier molecular flexibility index (Phi) is 2.22. The molecule has 0 saturated heterocycles. The molecule has 7 heavy (non-hydrogen) atoms. The molecule has 0 heterocycles. The molecule has 0 spiro atoms. The second-order valence-electron chi connectivity index (χ2n) is 1.68. The summed E-state index contributed by atoms with van der Waals surface area (Å²) >= 11 is 0. The SMILES string of the molecule is CC[N+](C)(O)NC. The van der Waals surface area contributed by atoms with Gasteiger partial charge in [0.25, 0.3) is 0 Å². The van der Waals surface area contributed by atoms with Crippen LogP contribution in [0.5, 0.6) is 0 Å². The third-order valence-electron chi connectivity index (χ3n) is 1.10. The average Bonchev–Trinajstić information content (AvgIpc) is 1.68. The molecule has 0 aromatic heterocycles. The first-order valence-corrected chi connectivity index (χ1v) is 2.39. The monoisotopic (exact) mass is 105 g/mol. The van der Waals surface area contributed by atoms with Crippen molar-refractivity contribution >= 4 is 0 Å². The summed E-state index contributed by atoms with van der Waals surface area (Å²) in [6.45, 7) is 2.58. The van der Waals surface area contributed by atoms with Crippen molar-refractivity contribution in [3.63, 3.8) is 0 Å². The molecule has 44 valence electrons. The zero-order valence-electron chi connectivity index (χ0n) is 5.10. The molecule has 0 aromatic rings. The molecule has 0 saturated carbocycles. The minimum Gasteiger partial charge on any atom is -0.196 e. The smallest absolute Gasteiger partial charge is 0.125 e. The Hall–Kier alpha value is -0.120. The zero-order chi connectivity index (χ0) is 5.91. The van der Waals surface area contributed by atoms with Crippen LogP contribution in [0.25, 0.3) is 0 Å². The number of hydroxylamine groups is 2. The standard InChI is InChI=1S/C4H13N2O/c1-4-6(3,7)5-2/h5,7H,4H2,1-3H3/q+1. The van der Waals surface area contributed by atoms with Gasteiger partial charge in [0.1, 0.15) is 13.6 Å². The number of nitrogens with zero attached hydrogens (tertiary/aromatic N) is 1. The summed E-state index contributed by atoms with van der Waals surface area (Å²) in [6, 6.07) is 0. The third-order valence-corrected chi connectivity index (χ3v) is 1.10. The number of hydrogen-bond donors (Lipinski definition) is 2. The third kappa shape index (κ3) is 2.56. The Balaban J connectivity index is 3.36.